The number of nitrogens with one attached hydrogen (secondary N) is 1. The van der Waals surface area contributed by atoms with Gasteiger partial charge in [0.25, 0.3) is 5.91 Å². The zero-order valence-corrected chi connectivity index (χ0v) is 12.4. The van der Waals surface area contributed by atoms with E-state index in [1.54, 1.807) is 24.3 Å². The van der Waals surface area contributed by atoms with E-state index in [4.69, 9.17) is 4.42 Å². The van der Waals surface area contributed by atoms with E-state index in [0.717, 1.165) is 19.6 Å². The maximum Gasteiger partial charge on any atom is 0.344 e. The first-order valence-electron chi connectivity index (χ1n) is 7.19. The van der Waals surface area contributed by atoms with E-state index in [-0.39, 0.29) is 11.7 Å². The Hall–Kier alpha value is -2.14. The van der Waals surface area contributed by atoms with Gasteiger partial charge in [-0.3, -0.25) is 4.79 Å². The lowest BCUT2D eigenvalue weighted by Crippen LogP contribution is -2.35. The number of rotatable bonds is 6. The molecule has 0 saturated carbocycles. The van der Waals surface area contributed by atoms with Gasteiger partial charge in [-0.1, -0.05) is 32.0 Å². The second-order valence-electron chi connectivity index (χ2n) is 4.77. The molecule has 1 amide bonds. The van der Waals surface area contributed by atoms with Crippen molar-refractivity contribution >= 4 is 16.7 Å². The Balaban J connectivity index is 2.08. The van der Waals surface area contributed by atoms with Crippen LogP contribution in [-0.4, -0.2) is 37.0 Å². The Labute approximate surface area is 123 Å². The quantitative estimate of drug-likeness (QED) is 0.881. The van der Waals surface area contributed by atoms with E-state index >= 15 is 0 Å². The van der Waals surface area contributed by atoms with Crippen LogP contribution in [0.1, 0.15) is 24.4 Å². The molecule has 0 spiro atoms. The molecule has 2 rings (SSSR count). The molecule has 1 aromatic carbocycles. The van der Waals surface area contributed by atoms with Crippen LogP contribution >= 0.6 is 0 Å². The summed E-state index contributed by atoms with van der Waals surface area (Å²) < 4.78 is 5.08. The van der Waals surface area contributed by atoms with Crippen molar-refractivity contribution in [3.8, 4) is 0 Å². The van der Waals surface area contributed by atoms with Gasteiger partial charge in [-0.15, -0.1) is 0 Å². The van der Waals surface area contributed by atoms with Crippen molar-refractivity contribution in [1.29, 1.82) is 0 Å². The van der Waals surface area contributed by atoms with Crippen LogP contribution < -0.4 is 10.9 Å². The lowest BCUT2D eigenvalue weighted by Gasteiger charge is -2.17. The molecular weight excluding hydrogens is 268 g/mol. The maximum atomic E-state index is 12.0. The summed E-state index contributed by atoms with van der Waals surface area (Å²) in [5.41, 5.74) is -0.484. The van der Waals surface area contributed by atoms with Gasteiger partial charge in [-0.2, -0.15) is 0 Å². The first-order chi connectivity index (χ1) is 10.2. The van der Waals surface area contributed by atoms with Gasteiger partial charge in [0.2, 0.25) is 0 Å². The van der Waals surface area contributed by atoms with Gasteiger partial charge in [0.05, 0.1) is 5.39 Å². The SMILES string of the molecule is CCN(CC)CCNC(=O)c1cc2ccccc2c(=O)o1. The Bertz CT molecular complexity index is 675. The Morgan fingerprint density at radius 2 is 1.95 bits per heavy atom. The average molecular weight is 288 g/mol. The molecule has 0 fully saturated rings. The third kappa shape index (κ3) is 3.70. The zero-order chi connectivity index (χ0) is 15.2. The topological polar surface area (TPSA) is 62.6 Å². The molecule has 0 aliphatic rings. The monoisotopic (exact) mass is 288 g/mol. The molecule has 0 unspecified atom stereocenters. The summed E-state index contributed by atoms with van der Waals surface area (Å²) in [6.45, 7) is 7.34. The molecule has 1 aromatic heterocycles. The van der Waals surface area contributed by atoms with Crippen LogP contribution in [0.4, 0.5) is 0 Å². The fourth-order valence-corrected chi connectivity index (χ4v) is 2.20. The predicted molar refractivity (Wildman–Crippen MR) is 82.6 cm³/mol. The lowest BCUT2D eigenvalue weighted by molar-refractivity contribution is 0.0917. The molecule has 0 saturated heterocycles. The molecular formula is C16H20N2O3. The Kier molecular flexibility index (Phi) is 5.11. The lowest BCUT2D eigenvalue weighted by atomic mass is 10.1. The summed E-state index contributed by atoms with van der Waals surface area (Å²) in [5.74, 6) is -0.303. The van der Waals surface area contributed by atoms with Crippen LogP contribution in [0, 0.1) is 0 Å². The molecule has 1 N–H and O–H groups in total. The molecule has 0 aliphatic heterocycles. The molecule has 2 aromatic rings. The van der Waals surface area contributed by atoms with Gasteiger partial charge in [0.1, 0.15) is 0 Å². The first-order valence-corrected chi connectivity index (χ1v) is 7.19. The largest absolute Gasteiger partial charge is 0.417 e. The van der Waals surface area contributed by atoms with Crippen LogP contribution in [0.3, 0.4) is 0 Å². The molecule has 5 heteroatoms. The molecule has 1 heterocycles. The first kappa shape index (κ1) is 15.3. The normalized spacial score (nSPS) is 11.0. The van der Waals surface area contributed by atoms with Crippen molar-refractivity contribution in [2.75, 3.05) is 26.2 Å². The van der Waals surface area contributed by atoms with Gasteiger partial charge in [-0.25, -0.2) is 4.79 Å². The van der Waals surface area contributed by atoms with Crippen molar-refractivity contribution in [2.24, 2.45) is 0 Å². The second-order valence-corrected chi connectivity index (χ2v) is 4.77. The molecule has 21 heavy (non-hydrogen) atoms. The number of amides is 1. The number of hydrogen-bond acceptors (Lipinski definition) is 4. The van der Waals surface area contributed by atoms with Gasteiger partial charge in [0.15, 0.2) is 5.76 Å². The molecule has 5 nitrogen and oxygen atoms in total. The van der Waals surface area contributed by atoms with Crippen molar-refractivity contribution in [3.63, 3.8) is 0 Å². The summed E-state index contributed by atoms with van der Waals surface area (Å²) in [5, 5.41) is 3.97. The highest BCUT2D eigenvalue weighted by Crippen LogP contribution is 2.11. The van der Waals surface area contributed by atoms with Crippen LogP contribution in [0.2, 0.25) is 0 Å². The van der Waals surface area contributed by atoms with Crippen LogP contribution in [0.15, 0.2) is 39.5 Å². The third-order valence-corrected chi connectivity index (χ3v) is 3.50. The number of nitrogens with zero attached hydrogens (tertiary/aromatic N) is 1. The third-order valence-electron chi connectivity index (χ3n) is 3.50. The Morgan fingerprint density at radius 1 is 1.24 bits per heavy atom. The average Bonchev–Trinajstić information content (AvgIpc) is 2.51. The smallest absolute Gasteiger partial charge is 0.344 e. The van der Waals surface area contributed by atoms with Gasteiger partial charge < -0.3 is 14.6 Å². The van der Waals surface area contributed by atoms with Gasteiger partial charge in [-0.05, 0) is 30.6 Å². The van der Waals surface area contributed by atoms with E-state index in [1.165, 1.54) is 0 Å². The van der Waals surface area contributed by atoms with E-state index in [1.807, 2.05) is 6.07 Å². The second kappa shape index (κ2) is 7.04. The van der Waals surface area contributed by atoms with Crippen LogP contribution in [0.25, 0.3) is 10.8 Å². The Morgan fingerprint density at radius 3 is 2.67 bits per heavy atom. The maximum absolute atomic E-state index is 12.0. The number of benzene rings is 1. The summed E-state index contributed by atoms with van der Waals surface area (Å²) in [6.07, 6.45) is 0. The van der Waals surface area contributed by atoms with Gasteiger partial charge in [0, 0.05) is 13.1 Å². The molecule has 112 valence electrons. The molecule has 0 radical (unpaired) electrons. The van der Waals surface area contributed by atoms with Crippen molar-refractivity contribution in [2.45, 2.75) is 13.8 Å². The summed E-state index contributed by atoms with van der Waals surface area (Å²) in [4.78, 5) is 26.1. The number of carbonyl (C=O) groups excluding carboxylic acids is 1. The highest BCUT2D eigenvalue weighted by molar-refractivity contribution is 5.95. The zero-order valence-electron chi connectivity index (χ0n) is 12.4. The van der Waals surface area contributed by atoms with Gasteiger partial charge >= 0.3 is 5.63 Å². The van der Waals surface area contributed by atoms with Crippen LogP contribution in [-0.2, 0) is 0 Å². The van der Waals surface area contributed by atoms with Crippen molar-refractivity contribution < 1.29 is 9.21 Å². The summed E-state index contributed by atoms with van der Waals surface area (Å²) in [7, 11) is 0. The highest BCUT2D eigenvalue weighted by atomic mass is 16.4. The number of carbonyl (C=O) groups is 1. The minimum absolute atomic E-state index is 0.0539. The van der Waals surface area contributed by atoms with E-state index in [0.29, 0.717) is 17.3 Å². The molecule has 0 aliphatic carbocycles. The van der Waals surface area contributed by atoms with Crippen molar-refractivity contribution in [3.05, 3.63) is 46.5 Å². The molecule has 0 bridgehead atoms. The van der Waals surface area contributed by atoms with Crippen LogP contribution in [0.5, 0.6) is 0 Å². The minimum Gasteiger partial charge on any atom is -0.417 e. The fourth-order valence-electron chi connectivity index (χ4n) is 2.20. The van der Waals surface area contributed by atoms with E-state index < -0.39 is 5.63 Å². The highest BCUT2D eigenvalue weighted by Gasteiger charge is 2.11. The minimum atomic E-state index is -0.484. The fraction of sp³-hybridized carbons (Fsp3) is 0.375. The number of fused-ring (bicyclic) bond motifs is 1. The predicted octanol–water partition coefficient (Wildman–Crippen LogP) is 1.86. The number of likely N-dealkylation sites (N-methyl/N-ethyl adjacent to an activating group) is 1. The summed E-state index contributed by atoms with van der Waals surface area (Å²) in [6, 6.07) is 8.67. The number of hydrogen-bond donors (Lipinski definition) is 1. The van der Waals surface area contributed by atoms with Crippen molar-refractivity contribution in [1.82, 2.24) is 10.2 Å². The van der Waals surface area contributed by atoms with E-state index in [9.17, 15) is 9.59 Å². The molecule has 0 atom stereocenters. The summed E-state index contributed by atoms with van der Waals surface area (Å²) >= 11 is 0. The standard InChI is InChI=1S/C16H20N2O3/c1-3-18(4-2)10-9-17-15(19)14-11-12-7-5-6-8-13(12)16(20)21-14/h5-8,11H,3-4,9-10H2,1-2H3,(H,17,19). The van der Waals surface area contributed by atoms with E-state index in [2.05, 4.69) is 24.1 Å².